The molecule has 0 atom stereocenters. The molecular formula is C13H25IN2O3. The molecule has 0 saturated carbocycles. The van der Waals surface area contributed by atoms with Gasteiger partial charge in [-0.05, 0) is 19.3 Å². The maximum absolute atomic E-state index is 11.4. The summed E-state index contributed by atoms with van der Waals surface area (Å²) in [5, 5.41) is 2.87. The summed E-state index contributed by atoms with van der Waals surface area (Å²) in [5.74, 6) is 0.226. The van der Waals surface area contributed by atoms with Gasteiger partial charge >= 0.3 is 0 Å². The third-order valence-electron chi connectivity index (χ3n) is 2.91. The van der Waals surface area contributed by atoms with Gasteiger partial charge in [-0.1, -0.05) is 12.8 Å². The molecule has 0 aliphatic heterocycles. The quantitative estimate of drug-likeness (QED) is 0.439. The van der Waals surface area contributed by atoms with E-state index in [1.165, 1.54) is 0 Å². The minimum atomic E-state index is 0.106. The lowest BCUT2D eigenvalue weighted by molar-refractivity contribution is -0.127. The van der Waals surface area contributed by atoms with E-state index in [2.05, 4.69) is 5.32 Å². The zero-order chi connectivity index (χ0) is 14.5. The first kappa shape index (κ1) is 18.6. The maximum Gasteiger partial charge on any atom is 0.219 e. The Morgan fingerprint density at radius 3 is 2.47 bits per heavy atom. The molecule has 0 aromatic rings. The van der Waals surface area contributed by atoms with Gasteiger partial charge in [-0.3, -0.25) is 9.59 Å². The molecule has 1 N–H and O–H groups in total. The SMILES string of the molecule is CC(=O)N(C)CCCCCCC(=O)NCCCOI. The van der Waals surface area contributed by atoms with Gasteiger partial charge in [0, 0.05) is 33.5 Å². The van der Waals surface area contributed by atoms with Gasteiger partial charge in [0.15, 0.2) is 0 Å². The second-order valence-electron chi connectivity index (χ2n) is 4.62. The molecule has 0 heterocycles. The van der Waals surface area contributed by atoms with Gasteiger partial charge in [0.05, 0.1) is 6.61 Å². The molecule has 19 heavy (non-hydrogen) atoms. The van der Waals surface area contributed by atoms with Gasteiger partial charge in [-0.25, -0.2) is 0 Å². The number of hydrogen-bond donors (Lipinski definition) is 1. The molecule has 0 fully saturated rings. The molecule has 0 aliphatic rings. The first-order chi connectivity index (χ1) is 9.07. The number of hydrogen-bond acceptors (Lipinski definition) is 3. The van der Waals surface area contributed by atoms with E-state index in [4.69, 9.17) is 3.07 Å². The van der Waals surface area contributed by atoms with E-state index in [0.717, 1.165) is 38.6 Å². The first-order valence-corrected chi connectivity index (χ1v) is 7.68. The molecular weight excluding hydrogens is 359 g/mol. The number of rotatable bonds is 11. The van der Waals surface area contributed by atoms with E-state index >= 15 is 0 Å². The average Bonchev–Trinajstić information content (AvgIpc) is 2.38. The van der Waals surface area contributed by atoms with Crippen molar-refractivity contribution in [2.75, 3.05) is 26.7 Å². The molecule has 6 heteroatoms. The van der Waals surface area contributed by atoms with Crippen LogP contribution < -0.4 is 5.32 Å². The Morgan fingerprint density at radius 1 is 1.16 bits per heavy atom. The zero-order valence-corrected chi connectivity index (χ0v) is 14.1. The number of halogens is 1. The van der Waals surface area contributed by atoms with Crippen LogP contribution in [-0.2, 0) is 12.7 Å². The van der Waals surface area contributed by atoms with E-state index in [1.54, 1.807) is 11.8 Å². The fraction of sp³-hybridized carbons (Fsp3) is 0.846. The number of amides is 2. The van der Waals surface area contributed by atoms with Crippen LogP contribution in [0, 0.1) is 0 Å². The number of carbonyl (C=O) groups excluding carboxylic acids is 2. The fourth-order valence-corrected chi connectivity index (χ4v) is 1.90. The van der Waals surface area contributed by atoms with Crippen LogP contribution in [0.5, 0.6) is 0 Å². The Labute approximate surface area is 130 Å². The molecule has 0 aromatic heterocycles. The third-order valence-corrected chi connectivity index (χ3v) is 3.35. The summed E-state index contributed by atoms with van der Waals surface area (Å²) in [6.45, 7) is 3.74. The van der Waals surface area contributed by atoms with Crippen LogP contribution in [0.2, 0.25) is 0 Å². The predicted molar refractivity (Wildman–Crippen MR) is 84.0 cm³/mol. The topological polar surface area (TPSA) is 58.6 Å². The Morgan fingerprint density at radius 2 is 1.84 bits per heavy atom. The van der Waals surface area contributed by atoms with Crippen molar-refractivity contribution in [3.63, 3.8) is 0 Å². The highest BCUT2D eigenvalue weighted by Crippen LogP contribution is 2.04. The van der Waals surface area contributed by atoms with Gasteiger partial charge in [0.1, 0.15) is 23.0 Å². The number of carbonyl (C=O) groups is 2. The van der Waals surface area contributed by atoms with Crippen molar-refractivity contribution in [3.8, 4) is 0 Å². The smallest absolute Gasteiger partial charge is 0.219 e. The van der Waals surface area contributed by atoms with Gasteiger partial charge in [0.25, 0.3) is 0 Å². The van der Waals surface area contributed by atoms with Crippen LogP contribution in [0.3, 0.4) is 0 Å². The van der Waals surface area contributed by atoms with Gasteiger partial charge in [-0.2, -0.15) is 0 Å². The van der Waals surface area contributed by atoms with Crippen molar-refractivity contribution in [2.45, 2.75) is 45.4 Å². The number of unbranched alkanes of at least 4 members (excludes halogenated alkanes) is 3. The predicted octanol–water partition coefficient (Wildman–Crippen LogP) is 2.29. The first-order valence-electron chi connectivity index (χ1n) is 6.80. The van der Waals surface area contributed by atoms with Crippen LogP contribution in [0.4, 0.5) is 0 Å². The van der Waals surface area contributed by atoms with E-state index in [1.807, 2.05) is 30.1 Å². The van der Waals surface area contributed by atoms with Crippen LogP contribution in [-0.4, -0.2) is 43.5 Å². The van der Waals surface area contributed by atoms with E-state index in [0.29, 0.717) is 19.6 Å². The highest BCUT2D eigenvalue weighted by Gasteiger charge is 2.02. The van der Waals surface area contributed by atoms with Crippen molar-refractivity contribution in [1.82, 2.24) is 10.2 Å². The van der Waals surface area contributed by atoms with Crippen molar-refractivity contribution in [2.24, 2.45) is 0 Å². The van der Waals surface area contributed by atoms with Crippen LogP contribution in [0.1, 0.15) is 45.4 Å². The van der Waals surface area contributed by atoms with Crippen molar-refractivity contribution < 1.29 is 12.7 Å². The second-order valence-corrected chi connectivity index (χ2v) is 5.24. The standard InChI is InChI=1S/C13H25IN2O3/c1-12(17)16(2)10-6-4-3-5-8-13(18)15-9-7-11-19-14/h3-11H2,1-2H3,(H,15,18). The molecule has 0 spiro atoms. The summed E-state index contributed by atoms with van der Waals surface area (Å²) in [7, 11) is 1.81. The molecule has 0 saturated heterocycles. The molecule has 0 bridgehead atoms. The Hall–Kier alpha value is -0.370. The largest absolute Gasteiger partial charge is 0.356 e. The van der Waals surface area contributed by atoms with Crippen LogP contribution in [0.25, 0.3) is 0 Å². The second kappa shape index (κ2) is 12.7. The summed E-state index contributed by atoms with van der Waals surface area (Å²) >= 11 is 1.85. The molecule has 2 amide bonds. The highest BCUT2D eigenvalue weighted by atomic mass is 127. The molecule has 112 valence electrons. The highest BCUT2D eigenvalue weighted by molar-refractivity contribution is 14.1. The zero-order valence-electron chi connectivity index (χ0n) is 11.9. The van der Waals surface area contributed by atoms with Crippen LogP contribution >= 0.6 is 23.0 Å². The Bertz CT molecular complexity index is 262. The van der Waals surface area contributed by atoms with E-state index < -0.39 is 0 Å². The van der Waals surface area contributed by atoms with Crippen LogP contribution in [0.15, 0.2) is 0 Å². The van der Waals surface area contributed by atoms with Crippen molar-refractivity contribution in [3.05, 3.63) is 0 Å². The monoisotopic (exact) mass is 384 g/mol. The lowest BCUT2D eigenvalue weighted by atomic mass is 10.1. The van der Waals surface area contributed by atoms with Crippen molar-refractivity contribution in [1.29, 1.82) is 0 Å². The lowest BCUT2D eigenvalue weighted by Gasteiger charge is -2.13. The summed E-state index contributed by atoms with van der Waals surface area (Å²) in [5.41, 5.74) is 0. The van der Waals surface area contributed by atoms with Gasteiger partial charge < -0.3 is 13.3 Å². The van der Waals surface area contributed by atoms with E-state index in [9.17, 15) is 9.59 Å². The van der Waals surface area contributed by atoms with Gasteiger partial charge in [0.2, 0.25) is 11.8 Å². The molecule has 0 rings (SSSR count). The molecule has 0 unspecified atom stereocenters. The average molecular weight is 384 g/mol. The fourth-order valence-electron chi connectivity index (χ4n) is 1.59. The van der Waals surface area contributed by atoms with Crippen molar-refractivity contribution >= 4 is 34.8 Å². The molecule has 0 aromatic carbocycles. The summed E-state index contributed by atoms with van der Waals surface area (Å²) in [4.78, 5) is 24.1. The number of nitrogens with one attached hydrogen (secondary N) is 1. The minimum absolute atomic E-state index is 0.106. The third kappa shape index (κ3) is 12.4. The molecule has 0 radical (unpaired) electrons. The number of nitrogens with zero attached hydrogens (tertiary/aromatic N) is 1. The molecule has 5 nitrogen and oxygen atoms in total. The van der Waals surface area contributed by atoms with E-state index in [-0.39, 0.29) is 11.8 Å². The minimum Gasteiger partial charge on any atom is -0.356 e. The summed E-state index contributed by atoms with van der Waals surface area (Å²) in [6.07, 6.45) is 5.46. The Balaban J connectivity index is 3.29. The summed E-state index contributed by atoms with van der Waals surface area (Å²) in [6, 6.07) is 0. The lowest BCUT2D eigenvalue weighted by Crippen LogP contribution is -2.25. The summed E-state index contributed by atoms with van der Waals surface area (Å²) < 4.78 is 4.88. The normalized spacial score (nSPS) is 10.3. The molecule has 0 aliphatic carbocycles. The van der Waals surface area contributed by atoms with Gasteiger partial charge in [-0.15, -0.1) is 0 Å². The maximum atomic E-state index is 11.4. The Kier molecular flexibility index (Phi) is 12.4.